The van der Waals surface area contributed by atoms with Gasteiger partial charge in [-0.25, -0.2) is 14.2 Å². The number of benzene rings is 3. The van der Waals surface area contributed by atoms with Crippen molar-refractivity contribution in [2.75, 3.05) is 6.61 Å². The van der Waals surface area contributed by atoms with E-state index >= 15 is 0 Å². The SMILES string of the molecule is CCOC(=O)C1=C(C)N=c2s/c(=C\c3cc(Br)c(OCc4ccc(Cl)cc4Cl)c(Br)c3)c(=O)n2[C@@H]1c1ccc(F)cc1. The molecular weight excluding hydrogens is 734 g/mol. The summed E-state index contributed by atoms with van der Waals surface area (Å²) < 4.78 is 28.3. The van der Waals surface area contributed by atoms with E-state index in [1.54, 1.807) is 50.3 Å². The summed E-state index contributed by atoms with van der Waals surface area (Å²) in [5, 5.41) is 1.04. The maximum absolute atomic E-state index is 13.8. The van der Waals surface area contributed by atoms with Gasteiger partial charge in [0.05, 0.1) is 37.4 Å². The van der Waals surface area contributed by atoms with E-state index in [4.69, 9.17) is 32.7 Å². The summed E-state index contributed by atoms with van der Waals surface area (Å²) in [6.45, 7) is 3.78. The van der Waals surface area contributed by atoms with E-state index in [2.05, 4.69) is 36.9 Å². The van der Waals surface area contributed by atoms with Crippen LogP contribution in [-0.2, 0) is 16.1 Å². The zero-order valence-corrected chi connectivity index (χ0v) is 27.6. The maximum Gasteiger partial charge on any atom is 0.338 e. The number of esters is 1. The van der Waals surface area contributed by atoms with Crippen LogP contribution in [0, 0.1) is 5.82 Å². The van der Waals surface area contributed by atoms with Crippen LogP contribution in [0.5, 0.6) is 5.75 Å². The molecule has 0 N–H and O–H groups in total. The largest absolute Gasteiger partial charge is 0.486 e. The van der Waals surface area contributed by atoms with Gasteiger partial charge in [-0.05, 0) is 99.3 Å². The van der Waals surface area contributed by atoms with Crippen LogP contribution in [0.2, 0.25) is 10.0 Å². The standard InChI is InChI=1S/C30H21Br2Cl2FN2O4S/c1-3-40-29(39)25-15(2)36-30-37(26(25)17-5-8-20(35)9-6-17)28(38)24(42-30)12-16-10-21(31)27(22(32)11-16)41-14-18-4-7-19(33)13-23(18)34/h4-13,26H,3,14H2,1-2H3/b24-12-/t26-/m1/s1. The molecule has 0 aliphatic carbocycles. The van der Waals surface area contributed by atoms with Gasteiger partial charge in [-0.1, -0.05) is 52.7 Å². The molecule has 1 atom stereocenters. The summed E-state index contributed by atoms with van der Waals surface area (Å²) in [4.78, 5) is 31.8. The van der Waals surface area contributed by atoms with Crippen molar-refractivity contribution in [3.63, 3.8) is 0 Å². The number of carbonyl (C=O) groups excluding carboxylic acids is 1. The Labute approximate surface area is 271 Å². The van der Waals surface area contributed by atoms with Gasteiger partial charge in [-0.2, -0.15) is 0 Å². The average molecular weight is 755 g/mol. The monoisotopic (exact) mass is 752 g/mol. The zero-order chi connectivity index (χ0) is 30.1. The highest BCUT2D eigenvalue weighted by Gasteiger charge is 2.33. The minimum atomic E-state index is -0.822. The number of fused-ring (bicyclic) bond motifs is 1. The first-order valence-corrected chi connectivity index (χ1v) is 15.7. The number of ether oxygens (including phenoxy) is 2. The van der Waals surface area contributed by atoms with Crippen molar-refractivity contribution < 1.29 is 18.7 Å². The summed E-state index contributed by atoms with van der Waals surface area (Å²) in [6, 6.07) is 13.7. The second-order valence-corrected chi connectivity index (χ2v) is 12.8. The Morgan fingerprint density at radius 3 is 2.45 bits per heavy atom. The summed E-state index contributed by atoms with van der Waals surface area (Å²) in [6.07, 6.45) is 1.74. The fourth-order valence-corrected chi connectivity index (χ4v) is 7.45. The van der Waals surface area contributed by atoms with Gasteiger partial charge >= 0.3 is 5.97 Å². The van der Waals surface area contributed by atoms with Crippen molar-refractivity contribution in [2.45, 2.75) is 26.5 Å². The lowest BCUT2D eigenvalue weighted by molar-refractivity contribution is -0.139. The molecule has 3 aromatic carbocycles. The molecule has 0 bridgehead atoms. The van der Waals surface area contributed by atoms with Gasteiger partial charge < -0.3 is 9.47 Å². The topological polar surface area (TPSA) is 69.9 Å². The normalized spacial score (nSPS) is 14.9. The van der Waals surface area contributed by atoms with E-state index in [0.29, 0.717) is 45.3 Å². The minimum absolute atomic E-state index is 0.159. The average Bonchev–Trinajstić information content (AvgIpc) is 3.23. The quantitative estimate of drug-likeness (QED) is 0.185. The summed E-state index contributed by atoms with van der Waals surface area (Å²) in [7, 11) is 0. The Morgan fingerprint density at radius 1 is 1.12 bits per heavy atom. The van der Waals surface area contributed by atoms with Crippen LogP contribution in [0.3, 0.4) is 0 Å². The number of allylic oxidation sites excluding steroid dienone is 1. The molecule has 5 rings (SSSR count). The number of rotatable bonds is 7. The Kier molecular flexibility index (Phi) is 9.39. The van der Waals surface area contributed by atoms with Gasteiger partial charge in [-0.3, -0.25) is 9.36 Å². The van der Waals surface area contributed by atoms with Crippen molar-refractivity contribution >= 4 is 78.4 Å². The van der Waals surface area contributed by atoms with Crippen LogP contribution >= 0.6 is 66.4 Å². The molecule has 0 saturated heterocycles. The summed E-state index contributed by atoms with van der Waals surface area (Å²) >= 11 is 20.6. The van der Waals surface area contributed by atoms with E-state index in [-0.39, 0.29) is 24.3 Å². The molecule has 6 nitrogen and oxygen atoms in total. The van der Waals surface area contributed by atoms with Crippen LogP contribution in [-0.4, -0.2) is 17.1 Å². The molecule has 216 valence electrons. The maximum atomic E-state index is 13.8. The summed E-state index contributed by atoms with van der Waals surface area (Å²) in [5.41, 5.74) is 2.38. The third-order valence-electron chi connectivity index (χ3n) is 6.41. The van der Waals surface area contributed by atoms with Crippen LogP contribution in [0.1, 0.15) is 36.6 Å². The lowest BCUT2D eigenvalue weighted by Gasteiger charge is -2.24. The molecule has 0 amide bonds. The third kappa shape index (κ3) is 6.28. The fraction of sp³-hybridized carbons (Fsp3) is 0.167. The number of aromatic nitrogens is 1. The molecule has 0 fully saturated rings. The highest BCUT2D eigenvalue weighted by atomic mass is 79.9. The van der Waals surface area contributed by atoms with Crippen molar-refractivity contribution in [1.82, 2.24) is 4.57 Å². The van der Waals surface area contributed by atoms with Crippen LogP contribution in [0.25, 0.3) is 6.08 Å². The second kappa shape index (κ2) is 12.9. The van der Waals surface area contributed by atoms with Crippen molar-refractivity contribution in [3.8, 4) is 5.75 Å². The Hall–Kier alpha value is -2.76. The number of halogens is 5. The number of hydrogen-bond acceptors (Lipinski definition) is 6. The van der Waals surface area contributed by atoms with Gasteiger partial charge in [0.15, 0.2) is 4.80 Å². The van der Waals surface area contributed by atoms with Crippen molar-refractivity contribution in [3.05, 3.63) is 127 Å². The highest BCUT2D eigenvalue weighted by molar-refractivity contribution is 9.11. The zero-order valence-electron chi connectivity index (χ0n) is 22.1. The molecule has 0 radical (unpaired) electrons. The molecule has 1 aromatic heterocycles. The van der Waals surface area contributed by atoms with E-state index in [1.165, 1.54) is 28.0 Å². The van der Waals surface area contributed by atoms with Crippen LogP contribution < -0.4 is 19.6 Å². The fourth-order valence-electron chi connectivity index (χ4n) is 4.49. The van der Waals surface area contributed by atoms with Gasteiger partial charge in [0.1, 0.15) is 18.2 Å². The molecule has 0 unspecified atom stereocenters. The lowest BCUT2D eigenvalue weighted by atomic mass is 9.96. The number of nitrogens with zero attached hydrogens (tertiary/aromatic N) is 2. The second-order valence-electron chi connectivity index (χ2n) is 9.19. The van der Waals surface area contributed by atoms with Crippen molar-refractivity contribution in [2.24, 2.45) is 4.99 Å². The first-order chi connectivity index (χ1) is 20.1. The molecular formula is C30H21Br2Cl2FN2O4S. The third-order valence-corrected chi connectivity index (χ3v) is 9.16. The number of thiazole rings is 1. The predicted molar refractivity (Wildman–Crippen MR) is 169 cm³/mol. The summed E-state index contributed by atoms with van der Waals surface area (Å²) in [5.74, 6) is -0.444. The van der Waals surface area contributed by atoms with Gasteiger partial charge in [0, 0.05) is 15.6 Å². The number of carbonyl (C=O) groups is 1. The van der Waals surface area contributed by atoms with Crippen molar-refractivity contribution in [1.29, 1.82) is 0 Å². The van der Waals surface area contributed by atoms with E-state index in [9.17, 15) is 14.0 Å². The van der Waals surface area contributed by atoms with Gasteiger partial charge in [0.25, 0.3) is 5.56 Å². The Morgan fingerprint density at radius 2 is 1.81 bits per heavy atom. The van der Waals surface area contributed by atoms with Gasteiger partial charge in [-0.15, -0.1) is 0 Å². The molecule has 1 aliphatic rings. The molecule has 12 heteroatoms. The van der Waals surface area contributed by atoms with Crippen LogP contribution in [0.4, 0.5) is 4.39 Å². The van der Waals surface area contributed by atoms with E-state index < -0.39 is 17.8 Å². The smallest absolute Gasteiger partial charge is 0.338 e. The van der Waals surface area contributed by atoms with Gasteiger partial charge in [0.2, 0.25) is 0 Å². The minimum Gasteiger partial charge on any atom is -0.486 e. The Balaban J connectivity index is 1.54. The molecule has 42 heavy (non-hydrogen) atoms. The van der Waals surface area contributed by atoms with Crippen LogP contribution in [0.15, 0.2) is 84.6 Å². The molecule has 0 saturated carbocycles. The first-order valence-electron chi connectivity index (χ1n) is 12.6. The lowest BCUT2D eigenvalue weighted by Crippen LogP contribution is -2.39. The highest BCUT2D eigenvalue weighted by Crippen LogP contribution is 2.36. The molecule has 4 aromatic rings. The Bertz CT molecular complexity index is 1900. The predicted octanol–water partition coefficient (Wildman–Crippen LogP) is 7.35. The van der Waals surface area contributed by atoms with E-state index in [0.717, 1.165) is 11.1 Å². The first kappa shape index (κ1) is 30.7. The van der Waals surface area contributed by atoms with E-state index in [1.807, 2.05) is 12.1 Å². The number of hydrogen-bond donors (Lipinski definition) is 0. The molecule has 0 spiro atoms. The molecule has 1 aliphatic heterocycles. The molecule has 2 heterocycles.